The van der Waals surface area contributed by atoms with E-state index in [1.165, 1.54) is 11.3 Å². The number of carbonyl (C=O) groups is 3. The van der Waals surface area contributed by atoms with Gasteiger partial charge in [-0.05, 0) is 37.6 Å². The monoisotopic (exact) mass is 352 g/mol. The molecular formula is C17H24N2O4S. The maximum atomic E-state index is 12.7. The van der Waals surface area contributed by atoms with Crippen molar-refractivity contribution in [2.75, 3.05) is 6.61 Å². The molecule has 1 aliphatic heterocycles. The lowest BCUT2D eigenvalue weighted by Gasteiger charge is -2.30. The molecule has 0 aliphatic carbocycles. The molecule has 6 nitrogen and oxygen atoms in total. The van der Waals surface area contributed by atoms with Gasteiger partial charge in [0.25, 0.3) is 5.91 Å². The van der Waals surface area contributed by atoms with Crippen molar-refractivity contribution in [3.63, 3.8) is 0 Å². The lowest BCUT2D eigenvalue weighted by atomic mass is 9.92. The van der Waals surface area contributed by atoms with Crippen molar-refractivity contribution in [3.8, 4) is 0 Å². The van der Waals surface area contributed by atoms with Crippen LogP contribution in [0.5, 0.6) is 0 Å². The van der Waals surface area contributed by atoms with E-state index in [2.05, 4.69) is 10.6 Å². The smallest absolute Gasteiger partial charge is 0.252 e. The van der Waals surface area contributed by atoms with Crippen LogP contribution < -0.4 is 10.6 Å². The minimum atomic E-state index is -1.06. The largest absolute Gasteiger partial charge is 0.368 e. The van der Waals surface area contributed by atoms with Gasteiger partial charge >= 0.3 is 0 Å². The summed E-state index contributed by atoms with van der Waals surface area (Å²) in [5.41, 5.74) is -0.527. The van der Waals surface area contributed by atoms with Gasteiger partial charge in [-0.1, -0.05) is 13.8 Å². The van der Waals surface area contributed by atoms with Crippen LogP contribution in [0.15, 0.2) is 16.8 Å². The van der Waals surface area contributed by atoms with Crippen LogP contribution in [-0.2, 0) is 14.3 Å². The molecule has 1 unspecified atom stereocenters. The second-order valence-electron chi connectivity index (χ2n) is 6.74. The molecule has 2 rings (SSSR count). The number of hydrogen-bond acceptors (Lipinski definition) is 5. The number of thiophene rings is 1. The van der Waals surface area contributed by atoms with Gasteiger partial charge in [-0.2, -0.15) is 11.3 Å². The fourth-order valence-corrected chi connectivity index (χ4v) is 3.23. The summed E-state index contributed by atoms with van der Waals surface area (Å²) in [6, 6.07) is 1.01. The van der Waals surface area contributed by atoms with E-state index in [-0.39, 0.29) is 30.1 Å². The quantitative estimate of drug-likeness (QED) is 0.817. The molecule has 24 heavy (non-hydrogen) atoms. The molecule has 0 bridgehead atoms. The maximum absolute atomic E-state index is 12.7. The predicted molar refractivity (Wildman–Crippen MR) is 92.0 cm³/mol. The fraction of sp³-hybridized carbons (Fsp3) is 0.588. The zero-order valence-corrected chi connectivity index (χ0v) is 15.2. The number of Topliss-reactive ketones (excluding diaryl/α,β-unsaturated/α-hetero) is 1. The van der Waals surface area contributed by atoms with E-state index < -0.39 is 17.7 Å². The third-order valence-electron chi connectivity index (χ3n) is 4.35. The number of rotatable bonds is 6. The Kier molecular flexibility index (Phi) is 5.77. The van der Waals surface area contributed by atoms with Crippen molar-refractivity contribution >= 4 is 28.9 Å². The molecule has 0 aromatic carbocycles. The molecule has 0 spiro atoms. The zero-order chi connectivity index (χ0) is 17.9. The Hall–Kier alpha value is -1.73. The van der Waals surface area contributed by atoms with E-state index >= 15 is 0 Å². The molecule has 132 valence electrons. The summed E-state index contributed by atoms with van der Waals surface area (Å²) >= 11 is 1.42. The molecule has 0 saturated carbocycles. The standard InChI is InChI=1S/C17H24N2O4S/c1-10(2)7-13(18-15(21)12-5-6-24-9-12)16(22)19-17(4)11(3)23-8-14(17)20/h5-6,9-11,13H,7-8H2,1-4H3,(H,18,21)(H,19,22)/t11-,13?,17-/m1/s1. The van der Waals surface area contributed by atoms with Gasteiger partial charge in [0.2, 0.25) is 5.91 Å². The number of ether oxygens (including phenoxy) is 1. The highest BCUT2D eigenvalue weighted by atomic mass is 32.1. The van der Waals surface area contributed by atoms with Crippen LogP contribution in [0.3, 0.4) is 0 Å². The Morgan fingerprint density at radius 3 is 2.67 bits per heavy atom. The molecule has 1 aromatic rings. The van der Waals surface area contributed by atoms with Gasteiger partial charge in [-0.25, -0.2) is 0 Å². The van der Waals surface area contributed by atoms with Crippen LogP contribution in [0.25, 0.3) is 0 Å². The Morgan fingerprint density at radius 1 is 1.46 bits per heavy atom. The molecule has 7 heteroatoms. The molecule has 1 aliphatic rings. The summed E-state index contributed by atoms with van der Waals surface area (Å²) in [6.45, 7) is 7.37. The summed E-state index contributed by atoms with van der Waals surface area (Å²) in [4.78, 5) is 37.0. The van der Waals surface area contributed by atoms with Gasteiger partial charge in [0.15, 0.2) is 5.78 Å². The van der Waals surface area contributed by atoms with Gasteiger partial charge in [0, 0.05) is 5.38 Å². The van der Waals surface area contributed by atoms with Gasteiger partial charge < -0.3 is 15.4 Å². The van der Waals surface area contributed by atoms with Crippen LogP contribution in [-0.4, -0.2) is 41.9 Å². The van der Waals surface area contributed by atoms with Gasteiger partial charge in [-0.3, -0.25) is 14.4 Å². The summed E-state index contributed by atoms with van der Waals surface area (Å²) < 4.78 is 5.33. The third kappa shape index (κ3) is 4.02. The average molecular weight is 352 g/mol. The van der Waals surface area contributed by atoms with Crippen molar-refractivity contribution in [2.45, 2.75) is 51.8 Å². The highest BCUT2D eigenvalue weighted by Crippen LogP contribution is 2.22. The first kappa shape index (κ1) is 18.6. The molecule has 0 radical (unpaired) electrons. The van der Waals surface area contributed by atoms with Crippen molar-refractivity contribution in [1.82, 2.24) is 10.6 Å². The summed E-state index contributed by atoms with van der Waals surface area (Å²) in [5.74, 6) is -0.593. The van der Waals surface area contributed by atoms with Crippen LogP contribution in [0.2, 0.25) is 0 Å². The van der Waals surface area contributed by atoms with E-state index in [0.717, 1.165) is 0 Å². The normalized spacial score (nSPS) is 24.9. The molecule has 3 atom stereocenters. The Balaban J connectivity index is 2.10. The number of nitrogens with one attached hydrogen (secondary N) is 2. The predicted octanol–water partition coefficient (Wildman–Crippen LogP) is 1.76. The van der Waals surface area contributed by atoms with E-state index in [1.807, 2.05) is 19.2 Å². The van der Waals surface area contributed by atoms with E-state index in [9.17, 15) is 14.4 Å². The molecular weight excluding hydrogens is 328 g/mol. The topological polar surface area (TPSA) is 84.5 Å². The first-order chi connectivity index (χ1) is 11.2. The number of carbonyl (C=O) groups excluding carboxylic acids is 3. The number of hydrogen-bond donors (Lipinski definition) is 2. The molecule has 2 N–H and O–H groups in total. The lowest BCUT2D eigenvalue weighted by molar-refractivity contribution is -0.130. The van der Waals surface area contributed by atoms with E-state index in [4.69, 9.17) is 4.74 Å². The molecule has 2 amide bonds. The number of amides is 2. The molecule has 1 aromatic heterocycles. The van der Waals surface area contributed by atoms with Gasteiger partial charge in [0.05, 0.1) is 11.7 Å². The molecule has 2 heterocycles. The first-order valence-electron chi connectivity index (χ1n) is 8.04. The third-order valence-corrected chi connectivity index (χ3v) is 5.04. The molecule has 1 saturated heterocycles. The van der Waals surface area contributed by atoms with E-state index in [0.29, 0.717) is 12.0 Å². The van der Waals surface area contributed by atoms with Crippen molar-refractivity contribution in [3.05, 3.63) is 22.4 Å². The second-order valence-corrected chi connectivity index (χ2v) is 7.52. The Labute approximate surface area is 146 Å². The SMILES string of the molecule is CC(C)CC(NC(=O)c1ccsc1)C(=O)N[C@@]1(C)C(=O)CO[C@@H]1C. The number of ketones is 1. The summed E-state index contributed by atoms with van der Waals surface area (Å²) in [5, 5.41) is 9.10. The van der Waals surface area contributed by atoms with E-state index in [1.54, 1.807) is 25.3 Å². The maximum Gasteiger partial charge on any atom is 0.252 e. The van der Waals surface area contributed by atoms with Crippen LogP contribution in [0.1, 0.15) is 44.5 Å². The second kappa shape index (κ2) is 7.44. The van der Waals surface area contributed by atoms with Gasteiger partial charge in [0.1, 0.15) is 18.2 Å². The minimum absolute atomic E-state index is 0.00590. The highest BCUT2D eigenvalue weighted by Gasteiger charge is 2.47. The first-order valence-corrected chi connectivity index (χ1v) is 8.98. The molecule has 1 fully saturated rings. The van der Waals surface area contributed by atoms with Crippen molar-refractivity contribution < 1.29 is 19.1 Å². The average Bonchev–Trinajstić information content (AvgIpc) is 3.11. The van der Waals surface area contributed by atoms with Crippen LogP contribution in [0.4, 0.5) is 0 Å². The van der Waals surface area contributed by atoms with Gasteiger partial charge in [-0.15, -0.1) is 0 Å². The van der Waals surface area contributed by atoms with Crippen molar-refractivity contribution in [1.29, 1.82) is 0 Å². The zero-order valence-electron chi connectivity index (χ0n) is 14.4. The highest BCUT2D eigenvalue weighted by molar-refractivity contribution is 7.08. The summed E-state index contributed by atoms with van der Waals surface area (Å²) in [7, 11) is 0. The minimum Gasteiger partial charge on any atom is -0.368 e. The van der Waals surface area contributed by atoms with Crippen LogP contribution >= 0.6 is 11.3 Å². The lowest BCUT2D eigenvalue weighted by Crippen LogP contribution is -2.60. The summed E-state index contributed by atoms with van der Waals surface area (Å²) in [6.07, 6.45) is 0.0857. The fourth-order valence-electron chi connectivity index (χ4n) is 2.60. The Morgan fingerprint density at radius 2 is 2.17 bits per heavy atom. The van der Waals surface area contributed by atoms with Crippen LogP contribution in [0, 0.1) is 5.92 Å². The Bertz CT molecular complexity index is 614. The van der Waals surface area contributed by atoms with Crippen molar-refractivity contribution in [2.24, 2.45) is 5.92 Å².